The quantitative estimate of drug-likeness (QED) is 0.587. The summed E-state index contributed by atoms with van der Waals surface area (Å²) in [5.41, 5.74) is 0. The van der Waals surface area contributed by atoms with Gasteiger partial charge in [0, 0.05) is 0 Å². The summed E-state index contributed by atoms with van der Waals surface area (Å²) in [4.78, 5) is 22.2. The third kappa shape index (κ3) is 10.8. The van der Waals surface area contributed by atoms with Crippen LogP contribution in [-0.4, -0.2) is 78.4 Å². The number of cyclic esters (lactones) is 4. The van der Waals surface area contributed by atoms with E-state index in [9.17, 15) is 9.59 Å². The molecule has 1 saturated heterocycles. The molecule has 0 bridgehead atoms. The molecular formula is C12H20O9. The lowest BCUT2D eigenvalue weighted by molar-refractivity contribution is -0.00301. The zero-order valence-corrected chi connectivity index (χ0v) is 11.7. The second-order valence-electron chi connectivity index (χ2n) is 3.73. The molecule has 9 nitrogen and oxygen atoms in total. The van der Waals surface area contributed by atoms with Gasteiger partial charge in [-0.15, -0.1) is 0 Å². The molecule has 1 aliphatic heterocycles. The first kappa shape index (κ1) is 17.5. The van der Waals surface area contributed by atoms with Crippen molar-refractivity contribution in [1.29, 1.82) is 0 Å². The fraction of sp³-hybridized carbons (Fsp3) is 0.833. The van der Waals surface area contributed by atoms with E-state index < -0.39 is 12.3 Å². The van der Waals surface area contributed by atoms with Gasteiger partial charge >= 0.3 is 12.3 Å². The Hall–Kier alpha value is -1.58. The lowest BCUT2D eigenvalue weighted by Gasteiger charge is -2.07. The molecule has 0 aromatic carbocycles. The highest BCUT2D eigenvalue weighted by Gasteiger charge is 2.05. The zero-order valence-electron chi connectivity index (χ0n) is 11.7. The number of rotatable bonds is 0. The normalized spacial score (nSPS) is 21.5. The van der Waals surface area contributed by atoms with Gasteiger partial charge in [-0.3, -0.25) is 0 Å². The number of carbonyl (C=O) groups excluding carboxylic acids is 2. The summed E-state index contributed by atoms with van der Waals surface area (Å²) in [5, 5.41) is 0. The number of hydrogen-bond acceptors (Lipinski definition) is 9. The van der Waals surface area contributed by atoms with Crippen molar-refractivity contribution in [2.75, 3.05) is 66.1 Å². The molecule has 0 aromatic rings. The average Bonchev–Trinajstić information content (AvgIpc) is 2.47. The van der Waals surface area contributed by atoms with Crippen LogP contribution in [0.1, 0.15) is 0 Å². The van der Waals surface area contributed by atoms with Crippen molar-refractivity contribution in [1.82, 2.24) is 0 Å². The third-order valence-corrected chi connectivity index (χ3v) is 2.16. The lowest BCUT2D eigenvalue weighted by atomic mass is 10.7. The van der Waals surface area contributed by atoms with E-state index in [0.29, 0.717) is 13.2 Å². The van der Waals surface area contributed by atoms with Crippen molar-refractivity contribution < 1.29 is 42.7 Å². The molecule has 0 aromatic heterocycles. The van der Waals surface area contributed by atoms with Crippen LogP contribution < -0.4 is 0 Å². The van der Waals surface area contributed by atoms with Crippen molar-refractivity contribution in [3.63, 3.8) is 0 Å². The smallest absolute Gasteiger partial charge is 0.432 e. The van der Waals surface area contributed by atoms with Crippen LogP contribution in [0.15, 0.2) is 0 Å². The SMILES string of the molecule is O=C1OCCOCCOCCOC(=O)OCCOCCO1. The van der Waals surface area contributed by atoms with E-state index in [-0.39, 0.29) is 52.9 Å². The highest BCUT2D eigenvalue weighted by Crippen LogP contribution is 1.90. The standard InChI is InChI=1S/C12H20O9/c13-11-18-7-3-15-1-2-16-4-8-19-12(14)21-10-6-17-5-9-20-11/h1-10H2. The van der Waals surface area contributed by atoms with Gasteiger partial charge < -0.3 is 33.2 Å². The van der Waals surface area contributed by atoms with Gasteiger partial charge in [0.2, 0.25) is 0 Å². The van der Waals surface area contributed by atoms with Crippen molar-refractivity contribution in [3.8, 4) is 0 Å². The fourth-order valence-corrected chi connectivity index (χ4v) is 1.24. The highest BCUT2D eigenvalue weighted by atomic mass is 16.7. The first-order chi connectivity index (χ1) is 10.3. The summed E-state index contributed by atoms with van der Waals surface area (Å²) < 4.78 is 34.3. The first-order valence-corrected chi connectivity index (χ1v) is 6.61. The minimum Gasteiger partial charge on any atom is -0.432 e. The van der Waals surface area contributed by atoms with E-state index in [1.807, 2.05) is 0 Å². The predicted molar refractivity (Wildman–Crippen MR) is 67.1 cm³/mol. The van der Waals surface area contributed by atoms with Gasteiger partial charge in [-0.2, -0.15) is 0 Å². The van der Waals surface area contributed by atoms with Crippen LogP contribution in [0.3, 0.4) is 0 Å². The molecule has 1 rings (SSSR count). The second kappa shape index (κ2) is 12.2. The molecule has 0 spiro atoms. The Morgan fingerprint density at radius 3 is 0.952 bits per heavy atom. The molecule has 0 radical (unpaired) electrons. The molecule has 1 heterocycles. The molecule has 0 N–H and O–H groups in total. The molecule has 21 heavy (non-hydrogen) atoms. The van der Waals surface area contributed by atoms with Gasteiger partial charge in [-0.1, -0.05) is 0 Å². The van der Waals surface area contributed by atoms with Crippen LogP contribution in [0.5, 0.6) is 0 Å². The van der Waals surface area contributed by atoms with Gasteiger partial charge in [0.25, 0.3) is 0 Å². The Kier molecular flexibility index (Phi) is 10.1. The average molecular weight is 308 g/mol. The van der Waals surface area contributed by atoms with E-state index in [1.165, 1.54) is 0 Å². The molecule has 1 aliphatic rings. The Morgan fingerprint density at radius 2 is 0.667 bits per heavy atom. The summed E-state index contributed by atoms with van der Waals surface area (Å²) in [7, 11) is 0. The van der Waals surface area contributed by atoms with Crippen molar-refractivity contribution in [2.45, 2.75) is 0 Å². The van der Waals surface area contributed by atoms with Gasteiger partial charge in [-0.05, 0) is 0 Å². The van der Waals surface area contributed by atoms with E-state index in [4.69, 9.17) is 33.2 Å². The summed E-state index contributed by atoms with van der Waals surface area (Å²) in [5.74, 6) is 0. The van der Waals surface area contributed by atoms with Crippen molar-refractivity contribution in [3.05, 3.63) is 0 Å². The van der Waals surface area contributed by atoms with Crippen LogP contribution in [0.2, 0.25) is 0 Å². The van der Waals surface area contributed by atoms with Crippen molar-refractivity contribution >= 4 is 12.3 Å². The number of hydrogen-bond donors (Lipinski definition) is 0. The highest BCUT2D eigenvalue weighted by molar-refractivity contribution is 5.60. The predicted octanol–water partition coefficient (Wildman–Crippen LogP) is 0.356. The van der Waals surface area contributed by atoms with Crippen LogP contribution in [0.4, 0.5) is 9.59 Å². The fourth-order valence-electron chi connectivity index (χ4n) is 1.24. The molecule has 122 valence electrons. The Labute approximate surface area is 122 Å². The maximum Gasteiger partial charge on any atom is 0.508 e. The maximum atomic E-state index is 11.1. The van der Waals surface area contributed by atoms with E-state index in [1.54, 1.807) is 0 Å². The summed E-state index contributed by atoms with van der Waals surface area (Å²) in [6.07, 6.45) is -1.56. The van der Waals surface area contributed by atoms with Gasteiger partial charge in [-0.25, -0.2) is 9.59 Å². The minimum absolute atomic E-state index is 0.0535. The molecule has 0 aliphatic carbocycles. The number of carbonyl (C=O) groups is 2. The Bertz CT molecular complexity index is 266. The first-order valence-electron chi connectivity index (χ1n) is 6.61. The zero-order chi connectivity index (χ0) is 15.2. The molecular weight excluding hydrogens is 288 g/mol. The largest absolute Gasteiger partial charge is 0.508 e. The van der Waals surface area contributed by atoms with Crippen LogP contribution in [0.25, 0.3) is 0 Å². The minimum atomic E-state index is -0.781. The molecule has 0 amide bonds. The molecule has 1 fully saturated rings. The van der Waals surface area contributed by atoms with Gasteiger partial charge in [0.15, 0.2) is 0 Å². The molecule has 0 saturated carbocycles. The van der Waals surface area contributed by atoms with Crippen LogP contribution in [0, 0.1) is 0 Å². The molecule has 0 unspecified atom stereocenters. The lowest BCUT2D eigenvalue weighted by Crippen LogP contribution is -2.17. The Morgan fingerprint density at radius 1 is 0.429 bits per heavy atom. The topological polar surface area (TPSA) is 98.8 Å². The van der Waals surface area contributed by atoms with E-state index in [0.717, 1.165) is 0 Å². The Balaban J connectivity index is 2.19. The van der Waals surface area contributed by atoms with E-state index >= 15 is 0 Å². The van der Waals surface area contributed by atoms with Crippen molar-refractivity contribution in [2.24, 2.45) is 0 Å². The van der Waals surface area contributed by atoms with Crippen LogP contribution >= 0.6 is 0 Å². The summed E-state index contributed by atoms with van der Waals surface area (Å²) in [6, 6.07) is 0. The number of ether oxygens (including phenoxy) is 7. The summed E-state index contributed by atoms with van der Waals surface area (Å²) >= 11 is 0. The maximum absolute atomic E-state index is 11.1. The van der Waals surface area contributed by atoms with Gasteiger partial charge in [0.1, 0.15) is 26.4 Å². The molecule has 9 heteroatoms. The molecule has 0 atom stereocenters. The van der Waals surface area contributed by atoms with E-state index in [2.05, 4.69) is 0 Å². The van der Waals surface area contributed by atoms with Gasteiger partial charge in [0.05, 0.1) is 39.6 Å². The monoisotopic (exact) mass is 308 g/mol. The van der Waals surface area contributed by atoms with Crippen LogP contribution in [-0.2, 0) is 33.2 Å². The second-order valence-corrected chi connectivity index (χ2v) is 3.73. The third-order valence-electron chi connectivity index (χ3n) is 2.16. The summed E-state index contributed by atoms with van der Waals surface area (Å²) in [6.45, 7) is 1.85.